The normalized spacial score (nSPS) is 52.6. The van der Waals surface area contributed by atoms with E-state index in [4.69, 9.17) is 13.7 Å². The smallest absolute Gasteiger partial charge is 0.333 e. The molecule has 0 amide bonds. The first-order valence-corrected chi connectivity index (χ1v) is 7.55. The van der Waals surface area contributed by atoms with Gasteiger partial charge in [0, 0.05) is 5.57 Å². The van der Waals surface area contributed by atoms with E-state index in [0.29, 0.717) is 12.0 Å². The number of hydrogen-bond donors (Lipinski definition) is 0. The fourth-order valence-electron chi connectivity index (χ4n) is 3.04. The fourth-order valence-corrected chi connectivity index (χ4v) is 4.97. The SMILES string of the molecule is C=C(C)C(=O)OC1C2OS(=C)(=O)C3CC1(C)OC23. The Hall–Kier alpha value is -0.850. The van der Waals surface area contributed by atoms with Crippen molar-refractivity contribution in [2.75, 3.05) is 0 Å². The summed E-state index contributed by atoms with van der Waals surface area (Å²) in [6, 6.07) is 0. The van der Waals surface area contributed by atoms with Gasteiger partial charge in [-0.1, -0.05) is 6.58 Å². The zero-order chi connectivity index (χ0) is 13.3. The van der Waals surface area contributed by atoms with Crippen molar-refractivity contribution < 1.29 is 22.7 Å². The van der Waals surface area contributed by atoms with Crippen molar-refractivity contribution in [2.24, 2.45) is 0 Å². The highest BCUT2D eigenvalue weighted by atomic mass is 32.2. The molecular weight excluding hydrogens is 256 g/mol. The molecule has 0 aromatic heterocycles. The molecule has 0 aromatic carbocycles. The lowest BCUT2D eigenvalue weighted by Crippen LogP contribution is -2.47. The maximum atomic E-state index is 12.2. The van der Waals surface area contributed by atoms with Gasteiger partial charge >= 0.3 is 5.97 Å². The third kappa shape index (κ3) is 1.42. The first-order valence-electron chi connectivity index (χ1n) is 5.83. The predicted molar refractivity (Wildman–Crippen MR) is 66.5 cm³/mol. The van der Waals surface area contributed by atoms with Gasteiger partial charge < -0.3 is 9.47 Å². The number of ether oxygens (including phenoxy) is 2. The Kier molecular flexibility index (Phi) is 2.29. The topological polar surface area (TPSA) is 61.8 Å². The molecule has 0 N–H and O–H groups in total. The molecule has 6 unspecified atom stereocenters. The molecule has 3 heterocycles. The Balaban J connectivity index is 1.91. The maximum Gasteiger partial charge on any atom is 0.333 e. The second kappa shape index (κ2) is 3.37. The van der Waals surface area contributed by atoms with E-state index in [2.05, 4.69) is 12.4 Å². The second-order valence-electron chi connectivity index (χ2n) is 5.47. The summed E-state index contributed by atoms with van der Waals surface area (Å²) in [4.78, 5) is 11.6. The molecule has 6 heteroatoms. The first kappa shape index (κ1) is 12.2. The third-order valence-electron chi connectivity index (χ3n) is 3.92. The lowest BCUT2D eigenvalue weighted by Gasteiger charge is -2.29. The van der Waals surface area contributed by atoms with Crippen LogP contribution in [0.3, 0.4) is 0 Å². The van der Waals surface area contributed by atoms with Crippen molar-refractivity contribution in [1.29, 1.82) is 0 Å². The summed E-state index contributed by atoms with van der Waals surface area (Å²) in [6.07, 6.45) is -0.733. The first-order chi connectivity index (χ1) is 8.24. The molecule has 2 bridgehead atoms. The second-order valence-corrected chi connectivity index (χ2v) is 7.59. The summed E-state index contributed by atoms with van der Waals surface area (Å²) in [5.74, 6) is 3.16. The zero-order valence-electron chi connectivity index (χ0n) is 10.4. The number of esters is 1. The number of rotatable bonds is 2. The van der Waals surface area contributed by atoms with Crippen LogP contribution in [0.15, 0.2) is 12.2 Å². The number of carbonyl (C=O) groups excluding carboxylic acids is 1. The van der Waals surface area contributed by atoms with Gasteiger partial charge in [0.25, 0.3) is 0 Å². The van der Waals surface area contributed by atoms with Crippen LogP contribution in [0.4, 0.5) is 0 Å². The Morgan fingerprint density at radius 3 is 2.78 bits per heavy atom. The van der Waals surface area contributed by atoms with Crippen LogP contribution in [0, 0.1) is 0 Å². The molecule has 5 nitrogen and oxygen atoms in total. The molecule has 3 fully saturated rings. The van der Waals surface area contributed by atoms with Gasteiger partial charge in [-0.2, -0.15) is 0 Å². The highest BCUT2D eigenvalue weighted by molar-refractivity contribution is 7.96. The highest BCUT2D eigenvalue weighted by Gasteiger charge is 2.70. The van der Waals surface area contributed by atoms with Crippen molar-refractivity contribution in [3.8, 4) is 0 Å². The molecule has 0 saturated carbocycles. The third-order valence-corrected chi connectivity index (χ3v) is 5.83. The van der Waals surface area contributed by atoms with Crippen molar-refractivity contribution in [1.82, 2.24) is 0 Å². The van der Waals surface area contributed by atoms with E-state index in [1.807, 2.05) is 6.92 Å². The van der Waals surface area contributed by atoms with Crippen LogP contribution >= 0.6 is 0 Å². The minimum absolute atomic E-state index is 0.188. The van der Waals surface area contributed by atoms with Crippen molar-refractivity contribution in [3.63, 3.8) is 0 Å². The average molecular weight is 272 g/mol. The molecule has 3 saturated heterocycles. The molecule has 3 rings (SSSR count). The number of fused-ring (bicyclic) bond motifs is 1. The van der Waals surface area contributed by atoms with Gasteiger partial charge in [-0.05, 0) is 26.1 Å². The van der Waals surface area contributed by atoms with Gasteiger partial charge in [0.1, 0.15) is 17.8 Å². The minimum Gasteiger partial charge on any atom is -0.453 e. The van der Waals surface area contributed by atoms with Crippen molar-refractivity contribution in [2.45, 2.75) is 49.4 Å². The number of hydrogen-bond acceptors (Lipinski definition) is 5. The van der Waals surface area contributed by atoms with Crippen LogP contribution in [0.25, 0.3) is 0 Å². The summed E-state index contributed by atoms with van der Waals surface area (Å²) in [7, 11) is -2.60. The zero-order valence-corrected chi connectivity index (χ0v) is 11.2. The van der Waals surface area contributed by atoms with Gasteiger partial charge in [0.05, 0.1) is 15.1 Å². The van der Waals surface area contributed by atoms with Gasteiger partial charge in [-0.3, -0.25) is 4.18 Å². The summed E-state index contributed by atoms with van der Waals surface area (Å²) >= 11 is 0. The standard InChI is InChI=1S/C12H16O5S/c1-6(2)11(13)15-10-9-8-7(18(4,14)17-9)5-12(10,3)16-8/h7-10H,1,4-5H2,2-3H3. The summed E-state index contributed by atoms with van der Waals surface area (Å²) in [6.45, 7) is 6.99. The van der Waals surface area contributed by atoms with Crippen LogP contribution in [0.1, 0.15) is 20.3 Å². The van der Waals surface area contributed by atoms with E-state index in [0.717, 1.165) is 0 Å². The fraction of sp³-hybridized carbons (Fsp3) is 0.667. The van der Waals surface area contributed by atoms with E-state index < -0.39 is 33.6 Å². The predicted octanol–water partition coefficient (Wildman–Crippen LogP) is 0.434. The molecule has 3 aliphatic rings. The van der Waals surface area contributed by atoms with Crippen LogP contribution < -0.4 is 0 Å². The summed E-state index contributed by atoms with van der Waals surface area (Å²) in [5.41, 5.74) is -0.298. The number of carbonyl (C=O) groups is 1. The molecule has 0 radical (unpaired) electrons. The largest absolute Gasteiger partial charge is 0.453 e. The summed E-state index contributed by atoms with van der Waals surface area (Å²) < 4.78 is 28.9. The lowest BCUT2D eigenvalue weighted by molar-refractivity contribution is -0.155. The molecular formula is C12H16O5S. The van der Waals surface area contributed by atoms with E-state index >= 15 is 0 Å². The van der Waals surface area contributed by atoms with Crippen LogP contribution in [-0.2, 0) is 28.3 Å². The van der Waals surface area contributed by atoms with Gasteiger partial charge in [0.15, 0.2) is 6.10 Å². The molecule has 0 aliphatic carbocycles. The maximum absolute atomic E-state index is 12.2. The summed E-state index contributed by atoms with van der Waals surface area (Å²) in [5, 5.41) is -0.188. The molecule has 100 valence electrons. The molecule has 3 aliphatic heterocycles. The Labute approximate surface area is 106 Å². The van der Waals surface area contributed by atoms with Gasteiger partial charge in [-0.25, -0.2) is 9.00 Å². The van der Waals surface area contributed by atoms with E-state index in [-0.39, 0.29) is 11.4 Å². The van der Waals surface area contributed by atoms with Crippen molar-refractivity contribution >= 4 is 21.6 Å². The molecule has 0 aromatic rings. The average Bonchev–Trinajstić information content (AvgIpc) is 2.77. The van der Waals surface area contributed by atoms with Crippen LogP contribution in [0.2, 0.25) is 0 Å². The molecule has 18 heavy (non-hydrogen) atoms. The van der Waals surface area contributed by atoms with Gasteiger partial charge in [-0.15, -0.1) is 0 Å². The minimum atomic E-state index is -2.60. The molecule has 0 spiro atoms. The molecule has 6 atom stereocenters. The van der Waals surface area contributed by atoms with E-state index in [1.54, 1.807) is 6.92 Å². The van der Waals surface area contributed by atoms with Crippen LogP contribution in [0.5, 0.6) is 0 Å². The van der Waals surface area contributed by atoms with Crippen molar-refractivity contribution in [3.05, 3.63) is 12.2 Å². The van der Waals surface area contributed by atoms with Gasteiger partial charge in [0.2, 0.25) is 0 Å². The Morgan fingerprint density at radius 2 is 2.17 bits per heavy atom. The Bertz CT molecular complexity index is 537. The van der Waals surface area contributed by atoms with E-state index in [1.165, 1.54) is 0 Å². The van der Waals surface area contributed by atoms with E-state index in [9.17, 15) is 9.00 Å². The lowest BCUT2D eigenvalue weighted by atomic mass is 9.85. The highest BCUT2D eigenvalue weighted by Crippen LogP contribution is 2.53. The van der Waals surface area contributed by atoms with Crippen LogP contribution in [-0.4, -0.2) is 45.2 Å². The Morgan fingerprint density at radius 1 is 1.50 bits per heavy atom. The quantitative estimate of drug-likeness (QED) is 0.414. The monoisotopic (exact) mass is 272 g/mol.